The first-order valence-electron chi connectivity index (χ1n) is 14.0. The molecule has 0 aliphatic carbocycles. The number of nitrogens with one attached hydrogen (secondary N) is 3. The van der Waals surface area contributed by atoms with E-state index in [1.807, 2.05) is 0 Å². The summed E-state index contributed by atoms with van der Waals surface area (Å²) in [6, 6.07) is 7.72. The van der Waals surface area contributed by atoms with Crippen LogP contribution in [-0.4, -0.2) is 72.2 Å². The molecule has 3 rings (SSSR count). The van der Waals surface area contributed by atoms with Crippen LogP contribution in [0, 0.1) is 0 Å². The number of amidine groups is 1. The number of aliphatic imine (C=N–C) groups is 1. The lowest BCUT2D eigenvalue weighted by molar-refractivity contribution is -0.193. The fourth-order valence-corrected chi connectivity index (χ4v) is 4.05. The third-order valence-electron chi connectivity index (χ3n) is 6.11. The minimum Gasteiger partial charge on any atom is -0.466 e. The molecule has 1 unspecified atom stereocenters. The van der Waals surface area contributed by atoms with E-state index in [1.54, 1.807) is 49.6 Å². The van der Waals surface area contributed by atoms with Crippen molar-refractivity contribution in [3.8, 4) is 0 Å². The maximum Gasteiger partial charge on any atom is 0.458 e. The van der Waals surface area contributed by atoms with Crippen LogP contribution < -0.4 is 16.0 Å². The second-order valence-electron chi connectivity index (χ2n) is 9.71. The number of ketones is 2. The van der Waals surface area contributed by atoms with Gasteiger partial charge in [-0.25, -0.2) is 0 Å². The van der Waals surface area contributed by atoms with Crippen molar-refractivity contribution in [3.05, 3.63) is 58.9 Å². The van der Waals surface area contributed by atoms with Gasteiger partial charge in [0.15, 0.2) is 0 Å². The first-order chi connectivity index (χ1) is 22.0. The van der Waals surface area contributed by atoms with Crippen LogP contribution in [-0.2, 0) is 23.9 Å². The molecule has 1 aromatic carbocycles. The molecule has 2 aromatic rings. The summed E-state index contributed by atoms with van der Waals surface area (Å²) in [6.45, 7) is 2.46. The number of Topliss-reactive ketones (excluding diaryl/α,β-unsaturated/α-hetero) is 2. The van der Waals surface area contributed by atoms with Gasteiger partial charge in [0.05, 0.1) is 36.3 Å². The predicted octanol–water partition coefficient (Wildman–Crippen LogP) is 5.55. The summed E-state index contributed by atoms with van der Waals surface area (Å²) >= 11 is 6.31. The zero-order chi connectivity index (χ0) is 35.2. The number of halogens is 7. The number of nitrogens with zero attached hydrogens (tertiary/aromatic N) is 2. The number of esters is 1. The highest BCUT2D eigenvalue weighted by atomic mass is 35.5. The van der Waals surface area contributed by atoms with E-state index in [9.17, 15) is 50.3 Å². The van der Waals surface area contributed by atoms with E-state index in [0.717, 1.165) is 38.1 Å². The topological polar surface area (TPSA) is 156 Å². The Labute approximate surface area is 276 Å². The Morgan fingerprint density at radius 3 is 2.23 bits per heavy atom. The summed E-state index contributed by atoms with van der Waals surface area (Å²) in [6.07, 6.45) is -4.34. The standard InChI is InChI=1S/C25H30ClN5O4.C4F6O2.CH4/c1-2-35-24(33)14-20(18-7-6-11-27-15-18)31-23(32)16-29-25(34)17-9-10-19(26)21(13-17)30-22-8-4-3-5-12-28-22;5-3(6,7)1(11)2(12)4(8,9)10;/h6-7,9-11,13,15,20H,2-5,8,12,14,16H2,1H3,(H,28,30)(H,29,34)(H,31,32);;1H4. The molecule has 2 amide bonds. The average molecular weight is 710 g/mol. The van der Waals surface area contributed by atoms with Crippen LogP contribution in [0.1, 0.15) is 68.4 Å². The number of hydrogen-bond donors (Lipinski definition) is 3. The normalized spacial score (nSPS) is 13.5. The molecule has 0 radical (unpaired) electrons. The highest BCUT2D eigenvalue weighted by molar-refractivity contribution is 6.41. The van der Waals surface area contributed by atoms with Gasteiger partial charge in [-0.1, -0.05) is 31.5 Å². The summed E-state index contributed by atoms with van der Waals surface area (Å²) in [5, 5.41) is 9.08. The third-order valence-corrected chi connectivity index (χ3v) is 6.44. The van der Waals surface area contributed by atoms with Gasteiger partial charge in [0.2, 0.25) is 5.91 Å². The Morgan fingerprint density at radius 1 is 0.979 bits per heavy atom. The molecule has 0 fully saturated rings. The number of ether oxygens (including phenoxy) is 1. The Kier molecular flexibility index (Phi) is 16.7. The first kappa shape index (κ1) is 41.5. The average Bonchev–Trinajstić information content (AvgIpc) is 3.28. The molecule has 0 saturated heterocycles. The van der Waals surface area contributed by atoms with Gasteiger partial charge in [-0.15, -0.1) is 0 Å². The van der Waals surface area contributed by atoms with E-state index in [-0.39, 0.29) is 27.0 Å². The number of anilines is 1. The molecule has 0 spiro atoms. The van der Waals surface area contributed by atoms with Crippen LogP contribution in [0.25, 0.3) is 0 Å². The molecule has 48 heavy (non-hydrogen) atoms. The second kappa shape index (κ2) is 19.3. The summed E-state index contributed by atoms with van der Waals surface area (Å²) < 4.78 is 72.0. The first-order valence-corrected chi connectivity index (χ1v) is 14.4. The SMILES string of the molecule is C.CCOC(=O)CC(NC(=O)CNC(=O)c1ccc(Cl)c(NC2=NCCCCC2)c1)c1cccnc1.O=C(C(=O)C(F)(F)F)C(F)(F)F. The number of amides is 2. The molecule has 1 aliphatic heterocycles. The van der Waals surface area contributed by atoms with Crippen molar-refractivity contribution >= 4 is 52.5 Å². The predicted molar refractivity (Wildman–Crippen MR) is 163 cm³/mol. The summed E-state index contributed by atoms with van der Waals surface area (Å²) in [5.74, 6) is -7.28. The molecule has 18 heteroatoms. The van der Waals surface area contributed by atoms with Crippen molar-refractivity contribution in [1.82, 2.24) is 15.6 Å². The Hall–Kier alpha value is -4.54. The van der Waals surface area contributed by atoms with Crippen molar-refractivity contribution in [2.24, 2.45) is 4.99 Å². The monoisotopic (exact) mass is 709 g/mol. The minimum atomic E-state index is -5.77. The Bertz CT molecular complexity index is 1430. The van der Waals surface area contributed by atoms with E-state index < -0.39 is 47.7 Å². The summed E-state index contributed by atoms with van der Waals surface area (Å²) in [7, 11) is 0. The number of carbonyl (C=O) groups excluding carboxylic acids is 5. The van der Waals surface area contributed by atoms with Gasteiger partial charge in [0, 0.05) is 30.9 Å². The lowest BCUT2D eigenvalue weighted by Gasteiger charge is -2.18. The molecule has 3 N–H and O–H groups in total. The number of rotatable bonds is 10. The second-order valence-corrected chi connectivity index (χ2v) is 10.1. The molecular formula is C30H34ClF6N5O6. The van der Waals surface area contributed by atoms with Crippen molar-refractivity contribution in [1.29, 1.82) is 0 Å². The zero-order valence-corrected chi connectivity index (χ0v) is 25.5. The number of hydrogen-bond acceptors (Lipinski definition) is 9. The van der Waals surface area contributed by atoms with E-state index in [4.69, 9.17) is 16.3 Å². The largest absolute Gasteiger partial charge is 0.466 e. The Balaban J connectivity index is 0.000000756. The lowest BCUT2D eigenvalue weighted by Crippen LogP contribution is -2.39. The number of carbonyl (C=O) groups is 5. The van der Waals surface area contributed by atoms with Gasteiger partial charge in [-0.3, -0.25) is 33.9 Å². The fraction of sp³-hybridized carbons (Fsp3) is 0.433. The smallest absolute Gasteiger partial charge is 0.458 e. The van der Waals surface area contributed by atoms with E-state index in [1.165, 1.54) is 0 Å². The van der Waals surface area contributed by atoms with E-state index in [2.05, 4.69) is 25.9 Å². The Morgan fingerprint density at radius 2 is 1.65 bits per heavy atom. The number of pyridine rings is 1. The van der Waals surface area contributed by atoms with Crippen molar-refractivity contribution in [2.45, 2.75) is 64.8 Å². The van der Waals surface area contributed by atoms with Crippen LogP contribution in [0.5, 0.6) is 0 Å². The van der Waals surface area contributed by atoms with Crippen LogP contribution in [0.2, 0.25) is 5.02 Å². The van der Waals surface area contributed by atoms with Gasteiger partial charge in [-0.05, 0) is 49.6 Å². The minimum absolute atomic E-state index is 0. The van der Waals surface area contributed by atoms with Gasteiger partial charge >= 0.3 is 29.9 Å². The van der Waals surface area contributed by atoms with Gasteiger partial charge < -0.3 is 20.7 Å². The molecule has 264 valence electrons. The van der Waals surface area contributed by atoms with E-state index in [0.29, 0.717) is 21.8 Å². The number of aromatic nitrogens is 1. The molecule has 1 aliphatic rings. The molecule has 2 heterocycles. The fourth-order valence-electron chi connectivity index (χ4n) is 3.88. The van der Waals surface area contributed by atoms with Gasteiger partial charge in [0.1, 0.15) is 5.84 Å². The van der Waals surface area contributed by atoms with Crippen molar-refractivity contribution < 1.29 is 55.1 Å². The highest BCUT2D eigenvalue weighted by Crippen LogP contribution is 2.25. The number of alkyl halides is 6. The van der Waals surface area contributed by atoms with Crippen LogP contribution in [0.15, 0.2) is 47.7 Å². The number of benzene rings is 1. The van der Waals surface area contributed by atoms with Crippen LogP contribution in [0.4, 0.5) is 32.0 Å². The maximum absolute atomic E-state index is 12.7. The zero-order valence-electron chi connectivity index (χ0n) is 24.8. The maximum atomic E-state index is 12.7. The van der Waals surface area contributed by atoms with Crippen LogP contribution in [0.3, 0.4) is 0 Å². The molecular weight excluding hydrogens is 676 g/mol. The van der Waals surface area contributed by atoms with Crippen molar-refractivity contribution in [2.75, 3.05) is 25.0 Å². The highest BCUT2D eigenvalue weighted by Gasteiger charge is 2.54. The lowest BCUT2D eigenvalue weighted by atomic mass is 10.1. The molecule has 0 saturated carbocycles. The molecule has 11 nitrogen and oxygen atoms in total. The third kappa shape index (κ3) is 14.1. The van der Waals surface area contributed by atoms with E-state index >= 15 is 0 Å². The van der Waals surface area contributed by atoms with Crippen molar-refractivity contribution in [3.63, 3.8) is 0 Å². The molecule has 1 atom stereocenters. The molecule has 1 aromatic heterocycles. The van der Waals surface area contributed by atoms with Gasteiger partial charge in [-0.2, -0.15) is 26.3 Å². The quantitative estimate of drug-likeness (QED) is 0.165. The summed E-state index contributed by atoms with van der Waals surface area (Å²) in [4.78, 5) is 65.1. The van der Waals surface area contributed by atoms with Crippen LogP contribution >= 0.6 is 11.6 Å². The molecule has 0 bridgehead atoms. The summed E-state index contributed by atoms with van der Waals surface area (Å²) in [5.41, 5.74) is 1.61. The van der Waals surface area contributed by atoms with Gasteiger partial charge in [0.25, 0.3) is 5.91 Å².